The predicted octanol–water partition coefficient (Wildman–Crippen LogP) is 2.75. The number of methoxy groups -OCH3 is 1. The van der Waals surface area contributed by atoms with Gasteiger partial charge in [-0.2, -0.15) is 0 Å². The summed E-state index contributed by atoms with van der Waals surface area (Å²) in [5.74, 6) is 0.219. The largest absolute Gasteiger partial charge is 0.497 e. The van der Waals surface area contributed by atoms with Crippen molar-refractivity contribution in [3.8, 4) is 17.0 Å². The highest BCUT2D eigenvalue weighted by molar-refractivity contribution is 6.33. The standard InChI is InChI=1S/C22H19ClN4O4/c1-25-17-12-27(24-20(28)13-8-10-14(31-3)11-9-13)19(15-6-4-5-7-16(15)23)18(17)21(29)26(2)22(25)30/h4-12H,1-3H3,(H,24,28). The minimum atomic E-state index is -0.481. The maximum atomic E-state index is 13.0. The fourth-order valence-corrected chi connectivity index (χ4v) is 3.69. The number of nitrogens with zero attached hydrogens (tertiary/aromatic N) is 3. The van der Waals surface area contributed by atoms with Gasteiger partial charge in [-0.1, -0.05) is 29.8 Å². The summed E-state index contributed by atoms with van der Waals surface area (Å²) in [5.41, 5.74) is 3.54. The first-order valence-electron chi connectivity index (χ1n) is 9.35. The fourth-order valence-electron chi connectivity index (χ4n) is 3.46. The lowest BCUT2D eigenvalue weighted by Crippen LogP contribution is -2.36. The number of aromatic nitrogens is 3. The number of amides is 1. The van der Waals surface area contributed by atoms with Crippen molar-refractivity contribution in [3.63, 3.8) is 0 Å². The van der Waals surface area contributed by atoms with Gasteiger partial charge in [-0.15, -0.1) is 0 Å². The van der Waals surface area contributed by atoms with Gasteiger partial charge in [0.25, 0.3) is 11.5 Å². The van der Waals surface area contributed by atoms with Crippen LogP contribution in [-0.4, -0.2) is 26.8 Å². The monoisotopic (exact) mass is 438 g/mol. The predicted molar refractivity (Wildman–Crippen MR) is 120 cm³/mol. The van der Waals surface area contributed by atoms with Crippen LogP contribution >= 0.6 is 11.6 Å². The third kappa shape index (κ3) is 3.40. The molecule has 4 aromatic rings. The Bertz CT molecular complexity index is 1430. The molecule has 158 valence electrons. The lowest BCUT2D eigenvalue weighted by atomic mass is 10.1. The van der Waals surface area contributed by atoms with Crippen molar-refractivity contribution < 1.29 is 9.53 Å². The molecule has 0 aliphatic rings. The molecule has 1 N–H and O–H groups in total. The molecule has 0 fully saturated rings. The molecule has 0 bridgehead atoms. The number of carbonyl (C=O) groups is 1. The smallest absolute Gasteiger partial charge is 0.330 e. The van der Waals surface area contributed by atoms with E-state index in [0.717, 1.165) is 4.57 Å². The van der Waals surface area contributed by atoms with Gasteiger partial charge >= 0.3 is 5.69 Å². The Morgan fingerprint density at radius 1 is 1.00 bits per heavy atom. The normalized spacial score (nSPS) is 11.0. The zero-order valence-corrected chi connectivity index (χ0v) is 17.8. The molecule has 0 atom stereocenters. The molecule has 0 spiro atoms. The van der Waals surface area contributed by atoms with Crippen molar-refractivity contribution in [2.75, 3.05) is 12.5 Å². The number of halogens is 1. The first-order chi connectivity index (χ1) is 14.8. The van der Waals surface area contributed by atoms with E-state index < -0.39 is 17.2 Å². The maximum absolute atomic E-state index is 13.0. The molecular weight excluding hydrogens is 420 g/mol. The van der Waals surface area contributed by atoms with Gasteiger partial charge in [-0.05, 0) is 30.3 Å². The molecule has 1 amide bonds. The summed E-state index contributed by atoms with van der Waals surface area (Å²) in [6.45, 7) is 0. The zero-order chi connectivity index (χ0) is 22.3. The average molecular weight is 439 g/mol. The quantitative estimate of drug-likeness (QED) is 0.530. The number of ether oxygens (including phenoxy) is 1. The van der Waals surface area contributed by atoms with E-state index >= 15 is 0 Å². The number of hydrogen-bond donors (Lipinski definition) is 1. The molecule has 8 nitrogen and oxygen atoms in total. The van der Waals surface area contributed by atoms with Gasteiger partial charge in [0.1, 0.15) is 5.75 Å². The number of rotatable bonds is 4. The van der Waals surface area contributed by atoms with Crippen molar-refractivity contribution in [3.05, 3.63) is 86.2 Å². The highest BCUT2D eigenvalue weighted by Gasteiger charge is 2.22. The van der Waals surface area contributed by atoms with Crippen LogP contribution in [-0.2, 0) is 14.1 Å². The van der Waals surface area contributed by atoms with Crippen LogP contribution in [0.25, 0.3) is 22.2 Å². The van der Waals surface area contributed by atoms with E-state index in [1.165, 1.54) is 22.5 Å². The minimum Gasteiger partial charge on any atom is -0.497 e. The van der Waals surface area contributed by atoms with Crippen LogP contribution in [0.4, 0.5) is 0 Å². The third-order valence-electron chi connectivity index (χ3n) is 5.14. The number of hydrogen-bond acceptors (Lipinski definition) is 4. The van der Waals surface area contributed by atoms with Crippen LogP contribution in [0.2, 0.25) is 5.02 Å². The van der Waals surface area contributed by atoms with Gasteiger partial charge in [0.15, 0.2) is 0 Å². The molecule has 0 aliphatic carbocycles. The fraction of sp³-hybridized carbons (Fsp3) is 0.136. The SMILES string of the molecule is COc1ccc(C(=O)Nn2cc3c(c2-c2ccccc2Cl)c(=O)n(C)c(=O)n3C)cc1. The van der Waals surface area contributed by atoms with Crippen LogP contribution < -0.4 is 21.4 Å². The van der Waals surface area contributed by atoms with Crippen molar-refractivity contribution in [2.45, 2.75) is 0 Å². The van der Waals surface area contributed by atoms with Gasteiger partial charge in [-0.3, -0.25) is 28.8 Å². The molecular formula is C22H19ClN4O4. The maximum Gasteiger partial charge on any atom is 0.330 e. The Balaban J connectivity index is 1.95. The molecule has 2 aromatic heterocycles. The highest BCUT2D eigenvalue weighted by Crippen LogP contribution is 2.32. The van der Waals surface area contributed by atoms with E-state index in [2.05, 4.69) is 5.43 Å². The summed E-state index contributed by atoms with van der Waals surface area (Å²) in [7, 11) is 4.52. The van der Waals surface area contributed by atoms with Crippen LogP contribution in [0.3, 0.4) is 0 Å². The van der Waals surface area contributed by atoms with Gasteiger partial charge in [0.2, 0.25) is 0 Å². The van der Waals surface area contributed by atoms with E-state index in [1.54, 1.807) is 62.7 Å². The number of carbonyl (C=O) groups excluding carboxylic acids is 1. The highest BCUT2D eigenvalue weighted by atomic mass is 35.5. The van der Waals surface area contributed by atoms with Crippen LogP contribution in [0.1, 0.15) is 10.4 Å². The summed E-state index contributed by atoms with van der Waals surface area (Å²) >= 11 is 6.42. The Labute approximate surface area is 181 Å². The summed E-state index contributed by atoms with van der Waals surface area (Å²) < 4.78 is 8.94. The van der Waals surface area contributed by atoms with Gasteiger partial charge in [0.05, 0.1) is 29.9 Å². The van der Waals surface area contributed by atoms with E-state index in [-0.39, 0.29) is 5.39 Å². The molecule has 0 unspecified atom stereocenters. The summed E-state index contributed by atoms with van der Waals surface area (Å²) in [4.78, 5) is 38.3. The molecule has 0 radical (unpaired) electrons. The third-order valence-corrected chi connectivity index (χ3v) is 5.47. The molecule has 4 rings (SSSR count). The lowest BCUT2D eigenvalue weighted by molar-refractivity contribution is 0.101. The Morgan fingerprint density at radius 3 is 2.32 bits per heavy atom. The molecule has 0 saturated heterocycles. The zero-order valence-electron chi connectivity index (χ0n) is 17.0. The van der Waals surface area contributed by atoms with E-state index in [9.17, 15) is 14.4 Å². The number of benzene rings is 2. The molecule has 0 aliphatic heterocycles. The van der Waals surface area contributed by atoms with E-state index in [1.807, 2.05) is 0 Å². The summed E-state index contributed by atoms with van der Waals surface area (Å²) in [6.07, 6.45) is 1.54. The molecule has 2 aromatic carbocycles. The van der Waals surface area contributed by atoms with Gasteiger partial charge in [0, 0.05) is 30.2 Å². The minimum absolute atomic E-state index is 0.271. The molecule has 2 heterocycles. The van der Waals surface area contributed by atoms with Crippen LogP contribution in [0.5, 0.6) is 5.75 Å². The Kier molecular flexibility index (Phi) is 5.16. The van der Waals surface area contributed by atoms with Crippen molar-refractivity contribution in [2.24, 2.45) is 14.1 Å². The second-order valence-corrected chi connectivity index (χ2v) is 7.37. The first-order valence-corrected chi connectivity index (χ1v) is 9.72. The number of aryl methyl sites for hydroxylation is 1. The molecule has 0 saturated carbocycles. The van der Waals surface area contributed by atoms with E-state index in [0.29, 0.717) is 33.1 Å². The second-order valence-electron chi connectivity index (χ2n) is 6.96. The summed E-state index contributed by atoms with van der Waals surface area (Å²) in [5, 5.41) is 0.672. The van der Waals surface area contributed by atoms with Gasteiger partial charge in [-0.25, -0.2) is 4.79 Å². The average Bonchev–Trinajstić information content (AvgIpc) is 3.15. The topological polar surface area (TPSA) is 87.3 Å². The number of nitrogens with one attached hydrogen (secondary N) is 1. The molecule has 9 heteroatoms. The Hall–Kier alpha value is -3.78. The van der Waals surface area contributed by atoms with Crippen LogP contribution in [0, 0.1) is 0 Å². The molecule has 31 heavy (non-hydrogen) atoms. The van der Waals surface area contributed by atoms with Crippen molar-refractivity contribution in [1.82, 2.24) is 13.8 Å². The summed E-state index contributed by atoms with van der Waals surface area (Å²) in [6, 6.07) is 13.6. The van der Waals surface area contributed by atoms with E-state index in [4.69, 9.17) is 16.3 Å². The first kappa shape index (κ1) is 20.5. The van der Waals surface area contributed by atoms with Gasteiger partial charge < -0.3 is 4.74 Å². The second kappa shape index (κ2) is 7.81. The van der Waals surface area contributed by atoms with Crippen molar-refractivity contribution >= 4 is 28.4 Å². The van der Waals surface area contributed by atoms with Crippen molar-refractivity contribution in [1.29, 1.82) is 0 Å². The lowest BCUT2D eigenvalue weighted by Gasteiger charge is -2.13. The van der Waals surface area contributed by atoms with Crippen LogP contribution in [0.15, 0.2) is 64.3 Å². The Morgan fingerprint density at radius 2 is 1.68 bits per heavy atom. The number of fused-ring (bicyclic) bond motifs is 1.